The summed E-state index contributed by atoms with van der Waals surface area (Å²) in [5, 5.41) is 16.6. The highest BCUT2D eigenvalue weighted by atomic mass is 35.5. The SMILES string of the molecule is COCCN(CCOC)C(=O)CCCc1cccc2nc(Cn3nc(-c4cccc(O)c4)c4c(N)ncnc43)n(Cc3ccccc3Cl)c(=O)c12. The number of aryl methyl sites for hydroxylation is 1. The number of halogens is 1. The molecule has 0 spiro atoms. The van der Waals surface area contributed by atoms with E-state index in [1.807, 2.05) is 42.5 Å². The van der Waals surface area contributed by atoms with Gasteiger partial charge in [0.1, 0.15) is 36.0 Å². The number of benzene rings is 3. The van der Waals surface area contributed by atoms with E-state index in [0.29, 0.717) is 89.6 Å². The van der Waals surface area contributed by atoms with Crippen LogP contribution in [0.25, 0.3) is 33.2 Å². The predicted octanol–water partition coefficient (Wildman–Crippen LogP) is 4.69. The minimum Gasteiger partial charge on any atom is -0.508 e. The highest BCUT2D eigenvalue weighted by Gasteiger charge is 2.22. The number of phenolic OH excluding ortho intramolecular Hbond substituents is 1. The second-order valence-electron chi connectivity index (χ2n) is 12.1. The van der Waals surface area contributed by atoms with Crippen molar-refractivity contribution in [2.45, 2.75) is 32.4 Å². The summed E-state index contributed by atoms with van der Waals surface area (Å²) in [6.45, 7) is 2.05. The summed E-state index contributed by atoms with van der Waals surface area (Å²) in [5.41, 5.74) is 9.73. The Bertz CT molecular complexity index is 2230. The number of aromatic nitrogens is 6. The Kier molecular flexibility index (Phi) is 11.2. The third-order valence-electron chi connectivity index (χ3n) is 8.72. The van der Waals surface area contributed by atoms with Crippen molar-refractivity contribution in [2.24, 2.45) is 0 Å². The number of nitrogen functional groups attached to an aromatic ring is 1. The van der Waals surface area contributed by atoms with Crippen molar-refractivity contribution in [2.75, 3.05) is 46.3 Å². The summed E-state index contributed by atoms with van der Waals surface area (Å²) < 4.78 is 13.6. The lowest BCUT2D eigenvalue weighted by Crippen LogP contribution is -2.36. The molecule has 0 saturated heterocycles. The number of aromatic hydroxyl groups is 1. The zero-order chi connectivity index (χ0) is 35.9. The highest BCUT2D eigenvalue weighted by molar-refractivity contribution is 6.31. The van der Waals surface area contributed by atoms with Crippen LogP contribution < -0.4 is 11.3 Å². The number of anilines is 1. The standard InChI is InChI=1S/C37H39ClN8O5/c1-50-18-16-44(17-19-51-2)31(48)15-7-10-24-9-6-14-29-32(24)37(49)45(21-26-8-3-4-13-28(26)38)30(42-29)22-46-36-33(35(39)40-23-41-36)34(43-46)25-11-5-12-27(47)20-25/h3-6,8-9,11-14,20,23,47H,7,10,15-19,21-22H2,1-2H3,(H2,39,40,41). The van der Waals surface area contributed by atoms with Gasteiger partial charge in [-0.3, -0.25) is 14.2 Å². The Morgan fingerprint density at radius 3 is 2.43 bits per heavy atom. The Morgan fingerprint density at radius 2 is 1.69 bits per heavy atom. The number of ether oxygens (including phenoxy) is 2. The van der Waals surface area contributed by atoms with Crippen LogP contribution in [0.3, 0.4) is 0 Å². The van der Waals surface area contributed by atoms with Gasteiger partial charge in [-0.25, -0.2) is 19.6 Å². The van der Waals surface area contributed by atoms with Crippen LogP contribution in [-0.2, 0) is 33.8 Å². The molecule has 3 heterocycles. The second-order valence-corrected chi connectivity index (χ2v) is 12.5. The third-order valence-corrected chi connectivity index (χ3v) is 9.09. The van der Waals surface area contributed by atoms with Gasteiger partial charge in [-0.15, -0.1) is 0 Å². The van der Waals surface area contributed by atoms with E-state index in [2.05, 4.69) is 9.97 Å². The molecule has 3 N–H and O–H groups in total. The highest BCUT2D eigenvalue weighted by Crippen LogP contribution is 2.32. The average molecular weight is 711 g/mol. The molecule has 0 atom stereocenters. The maximum absolute atomic E-state index is 14.6. The van der Waals surface area contributed by atoms with Gasteiger partial charge in [-0.2, -0.15) is 5.10 Å². The zero-order valence-corrected chi connectivity index (χ0v) is 29.2. The number of nitrogens with zero attached hydrogens (tertiary/aromatic N) is 7. The summed E-state index contributed by atoms with van der Waals surface area (Å²) in [6.07, 6.45) is 2.71. The monoisotopic (exact) mass is 710 g/mol. The maximum atomic E-state index is 14.6. The van der Waals surface area contributed by atoms with Crippen molar-refractivity contribution >= 4 is 45.3 Å². The van der Waals surface area contributed by atoms with Gasteiger partial charge in [0.2, 0.25) is 5.91 Å². The number of hydrogen-bond acceptors (Lipinski definition) is 10. The lowest BCUT2D eigenvalue weighted by molar-refractivity contribution is -0.132. The van der Waals surface area contributed by atoms with Crippen LogP contribution in [0.15, 0.2) is 77.9 Å². The molecule has 0 aliphatic carbocycles. The van der Waals surface area contributed by atoms with E-state index < -0.39 is 0 Å². The quantitative estimate of drug-likeness (QED) is 0.153. The van der Waals surface area contributed by atoms with E-state index in [0.717, 1.165) is 11.1 Å². The lowest BCUT2D eigenvalue weighted by Gasteiger charge is -2.22. The van der Waals surface area contributed by atoms with Crippen LogP contribution >= 0.6 is 11.6 Å². The molecule has 6 aromatic rings. The van der Waals surface area contributed by atoms with Crippen LogP contribution in [0.4, 0.5) is 5.82 Å². The van der Waals surface area contributed by atoms with Gasteiger partial charge >= 0.3 is 0 Å². The topological polar surface area (TPSA) is 164 Å². The summed E-state index contributed by atoms with van der Waals surface area (Å²) in [6, 6.07) is 19.6. The molecule has 1 amide bonds. The minimum atomic E-state index is -0.238. The van der Waals surface area contributed by atoms with Crippen LogP contribution in [0, 0.1) is 0 Å². The smallest absolute Gasteiger partial charge is 0.262 e. The average Bonchev–Trinajstić information content (AvgIpc) is 3.50. The number of rotatable bonds is 15. The van der Waals surface area contributed by atoms with Crippen molar-refractivity contribution in [1.29, 1.82) is 0 Å². The maximum Gasteiger partial charge on any atom is 0.262 e. The molecule has 0 aliphatic heterocycles. The van der Waals surface area contributed by atoms with E-state index >= 15 is 0 Å². The van der Waals surface area contributed by atoms with Gasteiger partial charge < -0.3 is 25.2 Å². The Hall–Kier alpha value is -5.37. The fourth-order valence-corrected chi connectivity index (χ4v) is 6.35. The molecule has 264 valence electrons. The molecule has 51 heavy (non-hydrogen) atoms. The molecule has 3 aromatic heterocycles. The first-order valence-corrected chi connectivity index (χ1v) is 16.9. The lowest BCUT2D eigenvalue weighted by atomic mass is 10.0. The summed E-state index contributed by atoms with van der Waals surface area (Å²) in [4.78, 5) is 43.1. The van der Waals surface area contributed by atoms with Gasteiger partial charge in [0, 0.05) is 44.3 Å². The second kappa shape index (κ2) is 16.1. The van der Waals surface area contributed by atoms with E-state index in [1.54, 1.807) is 52.6 Å². The van der Waals surface area contributed by atoms with Gasteiger partial charge in [0.05, 0.1) is 36.0 Å². The molecule has 3 aromatic carbocycles. The number of fused-ring (bicyclic) bond motifs is 2. The van der Waals surface area contributed by atoms with Crippen molar-refractivity contribution in [3.05, 3.63) is 105 Å². The Morgan fingerprint density at radius 1 is 0.941 bits per heavy atom. The van der Waals surface area contributed by atoms with Crippen molar-refractivity contribution in [3.63, 3.8) is 0 Å². The number of phenols is 1. The number of nitrogens with two attached hydrogens (primary N) is 1. The molecule has 0 fully saturated rings. The van der Waals surface area contributed by atoms with E-state index in [4.69, 9.17) is 36.9 Å². The molecule has 0 unspecified atom stereocenters. The molecule has 6 rings (SSSR count). The molecular formula is C37H39ClN8O5. The molecule has 0 saturated carbocycles. The van der Waals surface area contributed by atoms with Crippen molar-refractivity contribution in [1.82, 2.24) is 34.2 Å². The molecule has 0 aliphatic rings. The third kappa shape index (κ3) is 7.85. The van der Waals surface area contributed by atoms with Crippen LogP contribution in [0.1, 0.15) is 29.8 Å². The molecular weight excluding hydrogens is 672 g/mol. The fourth-order valence-electron chi connectivity index (χ4n) is 6.15. The first kappa shape index (κ1) is 35.5. The Labute approximate surface area is 299 Å². The Balaban J connectivity index is 1.39. The van der Waals surface area contributed by atoms with E-state index in [9.17, 15) is 14.7 Å². The predicted molar refractivity (Wildman–Crippen MR) is 196 cm³/mol. The number of methoxy groups -OCH3 is 2. The van der Waals surface area contributed by atoms with E-state index in [-0.39, 0.29) is 36.1 Å². The summed E-state index contributed by atoms with van der Waals surface area (Å²) in [5.74, 6) is 0.732. The normalized spacial score (nSPS) is 11.4. The first-order chi connectivity index (χ1) is 24.8. The van der Waals surface area contributed by atoms with Crippen LogP contribution in [-0.4, -0.2) is 85.7 Å². The van der Waals surface area contributed by atoms with Gasteiger partial charge in [0.15, 0.2) is 5.65 Å². The van der Waals surface area contributed by atoms with Gasteiger partial charge in [-0.1, -0.05) is 54.1 Å². The molecule has 0 bridgehead atoms. The molecule has 0 radical (unpaired) electrons. The van der Waals surface area contributed by atoms with Crippen LogP contribution in [0.5, 0.6) is 5.75 Å². The van der Waals surface area contributed by atoms with Crippen molar-refractivity contribution < 1.29 is 19.4 Å². The molecule has 14 heteroatoms. The number of amides is 1. The van der Waals surface area contributed by atoms with Gasteiger partial charge in [0.25, 0.3) is 5.56 Å². The number of carbonyl (C=O) groups excluding carboxylic acids is 1. The largest absolute Gasteiger partial charge is 0.508 e. The molecule has 13 nitrogen and oxygen atoms in total. The van der Waals surface area contributed by atoms with Gasteiger partial charge in [-0.05, 0) is 48.2 Å². The van der Waals surface area contributed by atoms with Crippen molar-refractivity contribution in [3.8, 4) is 17.0 Å². The van der Waals surface area contributed by atoms with Crippen LogP contribution in [0.2, 0.25) is 5.02 Å². The number of carbonyl (C=O) groups is 1. The summed E-state index contributed by atoms with van der Waals surface area (Å²) >= 11 is 6.60. The summed E-state index contributed by atoms with van der Waals surface area (Å²) in [7, 11) is 3.21. The first-order valence-electron chi connectivity index (χ1n) is 16.6. The fraction of sp³-hybridized carbons (Fsp3) is 0.297. The number of hydrogen-bond donors (Lipinski definition) is 2. The zero-order valence-electron chi connectivity index (χ0n) is 28.5. The van der Waals surface area contributed by atoms with E-state index in [1.165, 1.54) is 6.33 Å². The minimum absolute atomic E-state index is 0.00172.